The minimum Gasteiger partial charge on any atom is -0.495 e. The molecule has 2 aliphatic carbocycles. The molecule has 0 unspecified atom stereocenters. The first-order chi connectivity index (χ1) is 15.2. The van der Waals surface area contributed by atoms with Gasteiger partial charge in [0.15, 0.2) is 5.89 Å². The van der Waals surface area contributed by atoms with Crippen LogP contribution in [0.3, 0.4) is 0 Å². The van der Waals surface area contributed by atoms with Crippen LogP contribution in [-0.2, 0) is 0 Å². The Morgan fingerprint density at radius 2 is 1.84 bits per heavy atom. The van der Waals surface area contributed by atoms with Crippen LogP contribution in [-0.4, -0.2) is 28.6 Å². The van der Waals surface area contributed by atoms with Crippen LogP contribution in [0.4, 0.5) is 5.82 Å². The molecule has 31 heavy (non-hydrogen) atoms. The molecular weight excluding hydrogens is 388 g/mol. The molecule has 6 heteroatoms. The number of nitrogens with zero attached hydrogens (tertiary/aromatic N) is 3. The highest BCUT2D eigenvalue weighted by molar-refractivity contribution is 5.61. The number of oxazole rings is 1. The Hall–Kier alpha value is -2.89. The number of nitrogens with one attached hydrogen (secondary N) is 1. The van der Waals surface area contributed by atoms with Gasteiger partial charge >= 0.3 is 0 Å². The van der Waals surface area contributed by atoms with Crippen molar-refractivity contribution in [3.05, 3.63) is 54.0 Å². The van der Waals surface area contributed by atoms with Gasteiger partial charge in [-0.15, -0.1) is 0 Å². The van der Waals surface area contributed by atoms with Crippen molar-refractivity contribution in [2.24, 2.45) is 5.92 Å². The number of pyridine rings is 2. The molecule has 3 aromatic rings. The van der Waals surface area contributed by atoms with Crippen molar-refractivity contribution >= 4 is 5.82 Å². The molecule has 3 heterocycles. The lowest BCUT2D eigenvalue weighted by Crippen LogP contribution is -2.21. The Kier molecular flexibility index (Phi) is 5.62. The van der Waals surface area contributed by atoms with Gasteiger partial charge in [0.1, 0.15) is 23.5 Å². The van der Waals surface area contributed by atoms with Gasteiger partial charge in [0.25, 0.3) is 0 Å². The molecule has 3 aromatic heterocycles. The third kappa shape index (κ3) is 4.58. The largest absolute Gasteiger partial charge is 0.495 e. The van der Waals surface area contributed by atoms with Crippen molar-refractivity contribution in [3.63, 3.8) is 0 Å². The molecule has 2 aliphatic rings. The lowest BCUT2D eigenvalue weighted by molar-refractivity contribution is 0.334. The number of hydrogen-bond donors (Lipinski definition) is 1. The topological polar surface area (TPSA) is 73.1 Å². The summed E-state index contributed by atoms with van der Waals surface area (Å²) in [6, 6.07) is 8.24. The quantitative estimate of drug-likeness (QED) is 0.530. The first-order valence-electron chi connectivity index (χ1n) is 11.4. The molecule has 162 valence electrons. The van der Waals surface area contributed by atoms with E-state index in [1.54, 1.807) is 13.4 Å². The van der Waals surface area contributed by atoms with Crippen LogP contribution < -0.4 is 10.1 Å². The summed E-state index contributed by atoms with van der Waals surface area (Å²) in [6.07, 6.45) is 10.8. The fourth-order valence-electron chi connectivity index (χ4n) is 4.55. The molecule has 2 fully saturated rings. The summed E-state index contributed by atoms with van der Waals surface area (Å²) < 4.78 is 11.0. The van der Waals surface area contributed by atoms with E-state index >= 15 is 0 Å². The molecular formula is C25H30N4O2. The van der Waals surface area contributed by atoms with Crippen LogP contribution in [0.1, 0.15) is 67.6 Å². The Morgan fingerprint density at radius 3 is 2.58 bits per heavy atom. The predicted molar refractivity (Wildman–Crippen MR) is 120 cm³/mol. The van der Waals surface area contributed by atoms with E-state index in [9.17, 15) is 0 Å². The first-order valence-corrected chi connectivity index (χ1v) is 11.4. The van der Waals surface area contributed by atoms with Crippen LogP contribution >= 0.6 is 0 Å². The highest BCUT2D eigenvalue weighted by Crippen LogP contribution is 2.40. The van der Waals surface area contributed by atoms with E-state index in [1.807, 2.05) is 25.3 Å². The van der Waals surface area contributed by atoms with Crippen molar-refractivity contribution in [3.8, 4) is 17.0 Å². The number of aromatic nitrogens is 3. The molecule has 5 rings (SSSR count). The molecule has 0 aromatic carbocycles. The van der Waals surface area contributed by atoms with Crippen LogP contribution in [0.25, 0.3) is 11.3 Å². The average Bonchev–Trinajstić information content (AvgIpc) is 3.54. The van der Waals surface area contributed by atoms with Gasteiger partial charge in [-0.3, -0.25) is 4.98 Å². The fourth-order valence-corrected chi connectivity index (χ4v) is 4.55. The Morgan fingerprint density at radius 1 is 1.03 bits per heavy atom. The van der Waals surface area contributed by atoms with Gasteiger partial charge in [0.05, 0.1) is 12.8 Å². The molecule has 1 N–H and O–H groups in total. The van der Waals surface area contributed by atoms with Crippen LogP contribution in [0.15, 0.2) is 41.1 Å². The Bertz CT molecular complexity index is 1040. The number of rotatable bonds is 7. The molecule has 0 amide bonds. The minimum absolute atomic E-state index is 0.528. The van der Waals surface area contributed by atoms with Gasteiger partial charge in [0.2, 0.25) is 0 Å². The summed E-state index contributed by atoms with van der Waals surface area (Å²) in [4.78, 5) is 13.9. The first kappa shape index (κ1) is 20.0. The molecule has 0 aliphatic heterocycles. The van der Waals surface area contributed by atoms with E-state index in [4.69, 9.17) is 14.1 Å². The zero-order valence-electron chi connectivity index (χ0n) is 18.3. The second kappa shape index (κ2) is 8.69. The van der Waals surface area contributed by atoms with Gasteiger partial charge < -0.3 is 14.5 Å². The van der Waals surface area contributed by atoms with E-state index in [0.717, 1.165) is 41.0 Å². The third-order valence-corrected chi connectivity index (χ3v) is 6.62. The predicted octanol–water partition coefficient (Wildman–Crippen LogP) is 5.71. The van der Waals surface area contributed by atoms with Gasteiger partial charge in [-0.1, -0.05) is 0 Å². The molecule has 6 nitrogen and oxygen atoms in total. The molecule has 0 atom stereocenters. The number of methoxy groups -OCH3 is 1. The molecule has 0 radical (unpaired) electrons. The Balaban J connectivity index is 1.15. The smallest absolute Gasteiger partial charge is 0.197 e. The number of ether oxygens (including phenoxy) is 1. The van der Waals surface area contributed by atoms with Crippen molar-refractivity contribution in [2.45, 2.75) is 57.3 Å². The lowest BCUT2D eigenvalue weighted by atomic mass is 9.80. The van der Waals surface area contributed by atoms with Gasteiger partial charge in [0, 0.05) is 35.8 Å². The summed E-state index contributed by atoms with van der Waals surface area (Å²) in [6.45, 7) is 2.97. The molecule has 0 spiro atoms. The van der Waals surface area contributed by atoms with Gasteiger partial charge in [-0.2, -0.15) is 0 Å². The second-order valence-corrected chi connectivity index (χ2v) is 8.90. The zero-order valence-corrected chi connectivity index (χ0v) is 18.3. The summed E-state index contributed by atoms with van der Waals surface area (Å²) in [5.74, 6) is 4.39. The van der Waals surface area contributed by atoms with Gasteiger partial charge in [-0.25, -0.2) is 9.97 Å². The molecule has 2 saturated carbocycles. The van der Waals surface area contributed by atoms with Crippen LogP contribution in [0.2, 0.25) is 0 Å². The zero-order chi connectivity index (χ0) is 21.2. The highest BCUT2D eigenvalue weighted by atomic mass is 16.5. The fraction of sp³-hybridized carbons (Fsp3) is 0.480. The average molecular weight is 419 g/mol. The van der Waals surface area contributed by atoms with Gasteiger partial charge in [-0.05, 0) is 75.6 Å². The third-order valence-electron chi connectivity index (χ3n) is 6.62. The maximum atomic E-state index is 5.64. The Labute approximate surface area is 183 Å². The number of anilines is 1. The molecule has 0 bridgehead atoms. The lowest BCUT2D eigenvalue weighted by Gasteiger charge is -2.28. The minimum atomic E-state index is 0.528. The van der Waals surface area contributed by atoms with Crippen LogP contribution in [0.5, 0.6) is 5.75 Å². The maximum absolute atomic E-state index is 5.64. The van der Waals surface area contributed by atoms with Crippen LogP contribution in [0, 0.1) is 12.8 Å². The second-order valence-electron chi connectivity index (χ2n) is 8.90. The van der Waals surface area contributed by atoms with Crippen molar-refractivity contribution in [2.75, 3.05) is 19.0 Å². The number of hydrogen-bond acceptors (Lipinski definition) is 6. The van der Waals surface area contributed by atoms with E-state index in [2.05, 4.69) is 27.4 Å². The van der Waals surface area contributed by atoms with E-state index < -0.39 is 0 Å². The highest BCUT2D eigenvalue weighted by Gasteiger charge is 2.28. The summed E-state index contributed by atoms with van der Waals surface area (Å²) in [5.41, 5.74) is 4.14. The van der Waals surface area contributed by atoms with Crippen molar-refractivity contribution in [1.82, 2.24) is 15.0 Å². The van der Waals surface area contributed by atoms with Crippen molar-refractivity contribution < 1.29 is 9.15 Å². The monoisotopic (exact) mass is 418 g/mol. The standard InChI is InChI=1S/C25H30N4O2/c1-16-23(30-2)10-9-21(28-16)18-5-3-17(4-6-18)14-27-24-13-20(11-12-26-24)22-15-31-25(29-22)19-7-8-19/h9-13,15,17-19H,3-8,14H2,1-2H3,(H,26,27)/t17-,18-. The van der Waals surface area contributed by atoms with Crippen molar-refractivity contribution in [1.29, 1.82) is 0 Å². The molecule has 0 saturated heterocycles. The van der Waals surface area contributed by atoms with E-state index in [1.165, 1.54) is 44.2 Å². The summed E-state index contributed by atoms with van der Waals surface area (Å²) >= 11 is 0. The SMILES string of the molecule is COc1ccc([C@H]2CC[C@H](CNc3cc(-c4coc(C5CC5)n4)ccn3)CC2)nc1C. The maximum Gasteiger partial charge on any atom is 0.197 e. The van der Waals surface area contributed by atoms with E-state index in [0.29, 0.717) is 17.8 Å². The van der Waals surface area contributed by atoms with E-state index in [-0.39, 0.29) is 0 Å². The summed E-state index contributed by atoms with van der Waals surface area (Å²) in [7, 11) is 1.70. The number of aryl methyl sites for hydroxylation is 1. The summed E-state index contributed by atoms with van der Waals surface area (Å²) in [5, 5.41) is 3.54. The normalized spacial score (nSPS) is 21.1.